The molecule has 192 valence electrons. The summed E-state index contributed by atoms with van der Waals surface area (Å²) in [7, 11) is 0. The van der Waals surface area contributed by atoms with Crippen molar-refractivity contribution in [1.82, 2.24) is 9.88 Å². The summed E-state index contributed by atoms with van der Waals surface area (Å²) in [5.41, 5.74) is 11.5. The van der Waals surface area contributed by atoms with Gasteiger partial charge in [0.25, 0.3) is 5.91 Å². The van der Waals surface area contributed by atoms with E-state index in [4.69, 9.17) is 10.5 Å². The van der Waals surface area contributed by atoms with Crippen molar-refractivity contribution in [2.24, 2.45) is 11.1 Å². The van der Waals surface area contributed by atoms with E-state index in [1.54, 1.807) is 16.2 Å². The molecule has 0 saturated carbocycles. The minimum Gasteiger partial charge on any atom is -0.378 e. The van der Waals surface area contributed by atoms with E-state index < -0.39 is 0 Å². The van der Waals surface area contributed by atoms with Crippen molar-refractivity contribution in [3.05, 3.63) is 58.6 Å². The number of Topliss-reactive ketones (excluding diaryl/α,β-unsaturated/α-hetero) is 1. The van der Waals surface area contributed by atoms with Gasteiger partial charge < -0.3 is 20.3 Å². The van der Waals surface area contributed by atoms with Crippen LogP contribution >= 0.6 is 11.3 Å². The van der Waals surface area contributed by atoms with Crippen LogP contribution in [-0.4, -0.2) is 67.0 Å². The number of amides is 1. The van der Waals surface area contributed by atoms with E-state index in [-0.39, 0.29) is 23.1 Å². The molecule has 0 atom stereocenters. The Kier molecular flexibility index (Phi) is 6.13. The molecule has 2 fully saturated rings. The number of rotatable bonds is 4. The van der Waals surface area contributed by atoms with Crippen molar-refractivity contribution in [1.29, 1.82) is 0 Å². The SMILES string of the molecule is CC1(C)CC(=O)c2sc(N3CCOCC3)c(-c3ccnc(-c4cccc(C(=O)N5CC(N)C5)c4)c3)c2C1. The van der Waals surface area contributed by atoms with Crippen molar-refractivity contribution in [2.45, 2.75) is 32.7 Å². The van der Waals surface area contributed by atoms with Crippen molar-refractivity contribution < 1.29 is 14.3 Å². The lowest BCUT2D eigenvalue weighted by atomic mass is 9.75. The number of anilines is 1. The number of carbonyl (C=O) groups is 2. The number of morpholine rings is 1. The van der Waals surface area contributed by atoms with Crippen molar-refractivity contribution in [3.8, 4) is 22.4 Å². The summed E-state index contributed by atoms with van der Waals surface area (Å²) >= 11 is 1.63. The van der Waals surface area contributed by atoms with Crippen LogP contribution < -0.4 is 10.6 Å². The molecule has 8 heteroatoms. The van der Waals surface area contributed by atoms with Gasteiger partial charge in [-0.1, -0.05) is 26.0 Å². The number of hydrogen-bond acceptors (Lipinski definition) is 7. The van der Waals surface area contributed by atoms with Gasteiger partial charge in [0.1, 0.15) is 0 Å². The molecule has 0 radical (unpaired) electrons. The molecule has 7 nitrogen and oxygen atoms in total. The Bertz CT molecular complexity index is 1370. The number of hydrogen-bond donors (Lipinski definition) is 1. The fourth-order valence-electron chi connectivity index (χ4n) is 5.61. The minimum atomic E-state index is -0.0772. The van der Waals surface area contributed by atoms with Crippen molar-refractivity contribution in [3.63, 3.8) is 0 Å². The quantitative estimate of drug-likeness (QED) is 0.558. The van der Waals surface area contributed by atoms with Gasteiger partial charge in [0.05, 0.1) is 28.8 Å². The normalized spacial score (nSPS) is 19.5. The average Bonchev–Trinajstić information content (AvgIpc) is 3.26. The Balaban J connectivity index is 1.41. The molecule has 0 unspecified atom stereocenters. The third kappa shape index (κ3) is 4.58. The first kappa shape index (κ1) is 24.3. The van der Waals surface area contributed by atoms with Gasteiger partial charge in [-0.25, -0.2) is 0 Å². The van der Waals surface area contributed by atoms with E-state index in [2.05, 4.69) is 29.8 Å². The number of fused-ring (bicyclic) bond motifs is 1. The lowest BCUT2D eigenvalue weighted by Crippen LogP contribution is -2.57. The molecule has 1 aromatic carbocycles. The maximum atomic E-state index is 13.2. The highest BCUT2D eigenvalue weighted by Crippen LogP contribution is 2.49. The number of pyridine rings is 1. The summed E-state index contributed by atoms with van der Waals surface area (Å²) in [5, 5.41) is 1.15. The van der Waals surface area contributed by atoms with E-state index in [9.17, 15) is 9.59 Å². The zero-order valence-corrected chi connectivity index (χ0v) is 22.1. The second-order valence-electron chi connectivity index (χ2n) is 11.1. The van der Waals surface area contributed by atoms with Gasteiger partial charge in [-0.15, -0.1) is 11.3 Å². The molecule has 37 heavy (non-hydrogen) atoms. The molecule has 2 aliphatic heterocycles. The summed E-state index contributed by atoms with van der Waals surface area (Å²) in [4.78, 5) is 35.8. The number of carbonyl (C=O) groups excluding carboxylic acids is 2. The second-order valence-corrected chi connectivity index (χ2v) is 12.1. The summed E-state index contributed by atoms with van der Waals surface area (Å²) in [6.07, 6.45) is 3.27. The predicted octanol–water partition coefficient (Wildman–Crippen LogP) is 4.25. The zero-order chi connectivity index (χ0) is 25.7. The van der Waals surface area contributed by atoms with Gasteiger partial charge in [0, 0.05) is 61.5 Å². The van der Waals surface area contributed by atoms with Crippen molar-refractivity contribution in [2.75, 3.05) is 44.3 Å². The standard InChI is InChI=1S/C29H32N4O3S/c1-29(2)14-22-25(28(32-8-10-36-11-9-32)37-26(22)24(34)15-29)19-6-7-31-23(13-19)18-4-3-5-20(12-18)27(35)33-16-21(30)17-33/h3-7,12-13,21H,8-11,14-17,30H2,1-2H3. The van der Waals surface area contributed by atoms with E-state index >= 15 is 0 Å². The molecule has 2 aromatic heterocycles. The van der Waals surface area contributed by atoms with Crippen LogP contribution in [0.4, 0.5) is 5.00 Å². The lowest BCUT2D eigenvalue weighted by Gasteiger charge is -2.36. The van der Waals surface area contributed by atoms with Crippen LogP contribution in [0.25, 0.3) is 22.4 Å². The molecule has 0 bridgehead atoms. The molecule has 1 amide bonds. The van der Waals surface area contributed by atoms with Crippen LogP contribution in [0.5, 0.6) is 0 Å². The predicted molar refractivity (Wildman–Crippen MR) is 146 cm³/mol. The Morgan fingerprint density at radius 3 is 2.65 bits per heavy atom. The number of likely N-dealkylation sites (tertiary alicyclic amines) is 1. The molecule has 4 heterocycles. The molecule has 1 aliphatic carbocycles. The molecule has 6 rings (SSSR count). The van der Waals surface area contributed by atoms with E-state index in [1.807, 2.05) is 36.5 Å². The third-order valence-electron chi connectivity index (χ3n) is 7.49. The Labute approximate surface area is 221 Å². The Morgan fingerprint density at radius 1 is 1.11 bits per heavy atom. The fraction of sp³-hybridized carbons (Fsp3) is 0.414. The summed E-state index contributed by atoms with van der Waals surface area (Å²) in [6, 6.07) is 11.9. The van der Waals surface area contributed by atoms with Crippen LogP contribution in [0.2, 0.25) is 0 Å². The highest BCUT2D eigenvalue weighted by atomic mass is 32.1. The largest absolute Gasteiger partial charge is 0.378 e. The monoisotopic (exact) mass is 516 g/mol. The molecule has 3 aliphatic rings. The second kappa shape index (κ2) is 9.35. The van der Waals surface area contributed by atoms with Crippen LogP contribution in [0.15, 0.2) is 42.6 Å². The van der Waals surface area contributed by atoms with Gasteiger partial charge in [-0.3, -0.25) is 14.6 Å². The summed E-state index contributed by atoms with van der Waals surface area (Å²) in [5.74, 6) is 0.241. The van der Waals surface area contributed by atoms with Crippen LogP contribution in [0.3, 0.4) is 0 Å². The van der Waals surface area contributed by atoms with Crippen LogP contribution in [0, 0.1) is 5.41 Å². The number of benzene rings is 1. The van der Waals surface area contributed by atoms with Gasteiger partial charge in [0.15, 0.2) is 5.78 Å². The van der Waals surface area contributed by atoms with Gasteiger partial charge in [-0.05, 0) is 47.2 Å². The number of aromatic nitrogens is 1. The number of thiophene rings is 1. The molecule has 2 saturated heterocycles. The Morgan fingerprint density at radius 2 is 1.89 bits per heavy atom. The number of nitrogens with zero attached hydrogens (tertiary/aromatic N) is 3. The number of nitrogens with two attached hydrogens (primary N) is 1. The molecule has 2 N–H and O–H groups in total. The van der Waals surface area contributed by atoms with E-state index in [1.165, 1.54) is 0 Å². The average molecular weight is 517 g/mol. The fourth-order valence-corrected chi connectivity index (χ4v) is 6.94. The zero-order valence-electron chi connectivity index (χ0n) is 21.3. The maximum absolute atomic E-state index is 13.2. The first-order valence-corrected chi connectivity index (χ1v) is 13.7. The number of ketones is 1. The number of ether oxygens (including phenoxy) is 1. The molecular formula is C29H32N4O3S. The maximum Gasteiger partial charge on any atom is 0.253 e. The van der Waals surface area contributed by atoms with Crippen molar-refractivity contribution >= 4 is 28.0 Å². The van der Waals surface area contributed by atoms with Crippen LogP contribution in [0.1, 0.15) is 45.9 Å². The molecule has 0 spiro atoms. The van der Waals surface area contributed by atoms with Gasteiger partial charge >= 0.3 is 0 Å². The smallest absolute Gasteiger partial charge is 0.253 e. The Hall–Kier alpha value is -3.07. The molecule has 3 aromatic rings. The summed E-state index contributed by atoms with van der Waals surface area (Å²) < 4.78 is 5.61. The highest BCUT2D eigenvalue weighted by Gasteiger charge is 2.37. The topological polar surface area (TPSA) is 88.8 Å². The first-order chi connectivity index (χ1) is 17.8. The summed E-state index contributed by atoms with van der Waals surface area (Å²) in [6.45, 7) is 8.54. The first-order valence-electron chi connectivity index (χ1n) is 12.9. The van der Waals surface area contributed by atoms with Crippen LogP contribution in [-0.2, 0) is 11.2 Å². The van der Waals surface area contributed by atoms with E-state index in [0.29, 0.717) is 38.3 Å². The van der Waals surface area contributed by atoms with Gasteiger partial charge in [0.2, 0.25) is 0 Å². The van der Waals surface area contributed by atoms with Gasteiger partial charge in [-0.2, -0.15) is 0 Å². The van der Waals surface area contributed by atoms with E-state index in [0.717, 1.165) is 57.3 Å². The lowest BCUT2D eigenvalue weighted by molar-refractivity contribution is 0.0608. The highest BCUT2D eigenvalue weighted by molar-refractivity contribution is 7.19. The third-order valence-corrected chi connectivity index (χ3v) is 8.82. The minimum absolute atomic E-state index is 0.00181. The molecular weight excluding hydrogens is 484 g/mol.